The van der Waals surface area contributed by atoms with Gasteiger partial charge in [-0.15, -0.1) is 10.2 Å². The molecule has 0 saturated carbocycles. The molecule has 132 valence electrons. The Bertz CT molecular complexity index is 730. The monoisotopic (exact) mass is 344 g/mol. The Hall–Kier alpha value is -3.04. The van der Waals surface area contributed by atoms with Gasteiger partial charge in [-0.05, 0) is 31.9 Å². The van der Waals surface area contributed by atoms with Gasteiger partial charge in [-0.3, -0.25) is 9.59 Å². The maximum atomic E-state index is 12.3. The fraction of sp³-hybridized carbons (Fsp3) is 0.467. The Morgan fingerprint density at radius 1 is 1.32 bits per heavy atom. The highest BCUT2D eigenvalue weighted by atomic mass is 16.2. The van der Waals surface area contributed by atoms with Crippen LogP contribution in [0.2, 0.25) is 0 Å². The molecule has 2 unspecified atom stereocenters. The predicted octanol–water partition coefficient (Wildman–Crippen LogP) is -0.736. The summed E-state index contributed by atoms with van der Waals surface area (Å²) < 4.78 is 1.52. The van der Waals surface area contributed by atoms with Crippen LogP contribution in [-0.2, 0) is 9.59 Å². The molecule has 10 nitrogen and oxygen atoms in total. The Morgan fingerprint density at radius 3 is 2.72 bits per heavy atom. The lowest BCUT2D eigenvalue weighted by Crippen LogP contribution is -2.49. The molecule has 3 rings (SSSR count). The van der Waals surface area contributed by atoms with Gasteiger partial charge in [-0.25, -0.2) is 9.67 Å². The SMILES string of the molecule is CC(NC(=O)C1CCCN(c2ccc(-n3cncn3)nn2)C1)C(N)=O. The summed E-state index contributed by atoms with van der Waals surface area (Å²) in [6, 6.07) is 2.97. The van der Waals surface area contributed by atoms with E-state index in [0.29, 0.717) is 18.2 Å². The summed E-state index contributed by atoms with van der Waals surface area (Å²) in [7, 11) is 0. The van der Waals surface area contributed by atoms with Crippen molar-refractivity contribution in [2.24, 2.45) is 11.7 Å². The molecule has 0 spiro atoms. The van der Waals surface area contributed by atoms with Crippen LogP contribution in [0.1, 0.15) is 19.8 Å². The summed E-state index contributed by atoms with van der Waals surface area (Å²) in [6.07, 6.45) is 4.59. The standard InChI is InChI=1S/C15H20N8O2/c1-10(14(16)24)19-15(25)11-3-2-6-22(7-11)12-4-5-13(21-20-12)23-9-17-8-18-23/h4-5,8-11H,2-3,6-7H2,1H3,(H2,16,24)(H,19,25). The molecule has 2 aromatic heterocycles. The van der Waals surface area contributed by atoms with E-state index >= 15 is 0 Å². The highest BCUT2D eigenvalue weighted by Gasteiger charge is 2.28. The van der Waals surface area contributed by atoms with Gasteiger partial charge in [-0.2, -0.15) is 5.10 Å². The summed E-state index contributed by atoms with van der Waals surface area (Å²) >= 11 is 0. The molecule has 2 amide bonds. The lowest BCUT2D eigenvalue weighted by atomic mass is 9.97. The van der Waals surface area contributed by atoms with Gasteiger partial charge in [0, 0.05) is 13.1 Å². The minimum absolute atomic E-state index is 0.164. The maximum absolute atomic E-state index is 12.3. The Labute approximate surface area is 144 Å². The topological polar surface area (TPSA) is 132 Å². The molecule has 1 fully saturated rings. The molecule has 0 bridgehead atoms. The molecule has 25 heavy (non-hydrogen) atoms. The van der Waals surface area contributed by atoms with Crippen molar-refractivity contribution in [1.82, 2.24) is 30.3 Å². The van der Waals surface area contributed by atoms with E-state index in [1.165, 1.54) is 11.0 Å². The van der Waals surface area contributed by atoms with Crippen LogP contribution in [0, 0.1) is 5.92 Å². The second-order valence-corrected chi connectivity index (χ2v) is 6.01. The van der Waals surface area contributed by atoms with Crippen LogP contribution >= 0.6 is 0 Å². The molecular weight excluding hydrogens is 324 g/mol. The molecule has 2 atom stereocenters. The Balaban J connectivity index is 1.65. The molecule has 1 aliphatic rings. The molecule has 0 aromatic carbocycles. The zero-order valence-corrected chi connectivity index (χ0v) is 13.9. The van der Waals surface area contributed by atoms with Crippen molar-refractivity contribution in [3.8, 4) is 5.82 Å². The quantitative estimate of drug-likeness (QED) is 0.730. The summed E-state index contributed by atoms with van der Waals surface area (Å²) in [5.41, 5.74) is 5.19. The van der Waals surface area contributed by atoms with E-state index in [4.69, 9.17) is 5.73 Å². The fourth-order valence-electron chi connectivity index (χ4n) is 2.74. The maximum Gasteiger partial charge on any atom is 0.239 e. The van der Waals surface area contributed by atoms with Crippen LogP contribution in [0.4, 0.5) is 5.82 Å². The van der Waals surface area contributed by atoms with Gasteiger partial charge in [-0.1, -0.05) is 0 Å². The number of piperidine rings is 1. The van der Waals surface area contributed by atoms with Gasteiger partial charge in [0.05, 0.1) is 5.92 Å². The average Bonchev–Trinajstić information content (AvgIpc) is 3.16. The van der Waals surface area contributed by atoms with Crippen molar-refractivity contribution in [1.29, 1.82) is 0 Å². The lowest BCUT2D eigenvalue weighted by molar-refractivity contribution is -0.129. The van der Waals surface area contributed by atoms with Gasteiger partial charge in [0.2, 0.25) is 11.8 Å². The third-order valence-electron chi connectivity index (χ3n) is 4.19. The van der Waals surface area contributed by atoms with E-state index in [1.807, 2.05) is 11.0 Å². The second kappa shape index (κ2) is 7.24. The number of rotatable bonds is 5. The summed E-state index contributed by atoms with van der Waals surface area (Å²) in [6.45, 7) is 2.90. The van der Waals surface area contributed by atoms with Crippen LogP contribution in [0.5, 0.6) is 0 Å². The smallest absolute Gasteiger partial charge is 0.239 e. The normalized spacial score (nSPS) is 18.6. The van der Waals surface area contributed by atoms with Gasteiger partial charge >= 0.3 is 0 Å². The van der Waals surface area contributed by atoms with E-state index in [2.05, 4.69) is 25.6 Å². The minimum atomic E-state index is -0.676. The van der Waals surface area contributed by atoms with Crippen LogP contribution in [0.25, 0.3) is 5.82 Å². The number of aromatic nitrogens is 5. The first kappa shape index (κ1) is 16.8. The first-order valence-corrected chi connectivity index (χ1v) is 8.08. The molecular formula is C15H20N8O2. The second-order valence-electron chi connectivity index (χ2n) is 6.01. The molecule has 0 radical (unpaired) electrons. The largest absolute Gasteiger partial charge is 0.368 e. The molecule has 10 heteroatoms. The van der Waals surface area contributed by atoms with E-state index < -0.39 is 11.9 Å². The molecule has 2 aromatic rings. The van der Waals surface area contributed by atoms with Crippen LogP contribution in [0.3, 0.4) is 0 Å². The van der Waals surface area contributed by atoms with Crippen LogP contribution in [-0.4, -0.2) is 55.9 Å². The number of amides is 2. The number of nitrogens with one attached hydrogen (secondary N) is 1. The third-order valence-corrected chi connectivity index (χ3v) is 4.19. The molecule has 3 heterocycles. The average molecular weight is 344 g/mol. The number of carbonyl (C=O) groups is 2. The van der Waals surface area contributed by atoms with Gasteiger partial charge in [0.1, 0.15) is 18.7 Å². The highest BCUT2D eigenvalue weighted by molar-refractivity contribution is 5.87. The van der Waals surface area contributed by atoms with E-state index in [9.17, 15) is 9.59 Å². The summed E-state index contributed by atoms with van der Waals surface area (Å²) in [5, 5.41) is 15.0. The fourth-order valence-corrected chi connectivity index (χ4v) is 2.74. The number of hydrogen-bond donors (Lipinski definition) is 2. The van der Waals surface area contributed by atoms with E-state index in [0.717, 1.165) is 19.4 Å². The Kier molecular flexibility index (Phi) is 4.87. The van der Waals surface area contributed by atoms with Crippen molar-refractivity contribution >= 4 is 17.6 Å². The highest BCUT2D eigenvalue weighted by Crippen LogP contribution is 2.21. The molecule has 1 saturated heterocycles. The molecule has 3 N–H and O–H groups in total. The van der Waals surface area contributed by atoms with Gasteiger partial charge < -0.3 is 16.0 Å². The lowest BCUT2D eigenvalue weighted by Gasteiger charge is -2.32. The van der Waals surface area contributed by atoms with E-state index in [-0.39, 0.29) is 11.8 Å². The van der Waals surface area contributed by atoms with Crippen molar-refractivity contribution in [3.05, 3.63) is 24.8 Å². The van der Waals surface area contributed by atoms with Crippen molar-refractivity contribution in [2.45, 2.75) is 25.8 Å². The zero-order chi connectivity index (χ0) is 17.8. The number of nitrogens with zero attached hydrogens (tertiary/aromatic N) is 6. The Morgan fingerprint density at radius 2 is 2.08 bits per heavy atom. The first-order valence-electron chi connectivity index (χ1n) is 8.08. The summed E-state index contributed by atoms with van der Waals surface area (Å²) in [5.74, 6) is 0.346. The van der Waals surface area contributed by atoms with Crippen LogP contribution < -0.4 is 16.0 Å². The van der Waals surface area contributed by atoms with Crippen molar-refractivity contribution in [3.63, 3.8) is 0 Å². The van der Waals surface area contributed by atoms with Crippen molar-refractivity contribution in [2.75, 3.05) is 18.0 Å². The van der Waals surface area contributed by atoms with Crippen LogP contribution in [0.15, 0.2) is 24.8 Å². The summed E-state index contributed by atoms with van der Waals surface area (Å²) in [4.78, 5) is 29.3. The first-order chi connectivity index (χ1) is 12.0. The molecule has 1 aliphatic heterocycles. The number of carbonyl (C=O) groups excluding carboxylic acids is 2. The van der Waals surface area contributed by atoms with Crippen molar-refractivity contribution < 1.29 is 9.59 Å². The molecule has 0 aliphatic carbocycles. The number of nitrogens with two attached hydrogens (primary N) is 1. The predicted molar refractivity (Wildman–Crippen MR) is 88.7 cm³/mol. The number of hydrogen-bond acceptors (Lipinski definition) is 7. The zero-order valence-electron chi connectivity index (χ0n) is 13.9. The van der Waals surface area contributed by atoms with Gasteiger partial charge in [0.25, 0.3) is 0 Å². The van der Waals surface area contributed by atoms with Gasteiger partial charge in [0.15, 0.2) is 11.6 Å². The third kappa shape index (κ3) is 3.90. The van der Waals surface area contributed by atoms with E-state index in [1.54, 1.807) is 19.3 Å². The number of anilines is 1. The minimum Gasteiger partial charge on any atom is -0.368 e. The number of primary amides is 1.